The van der Waals surface area contributed by atoms with Crippen LogP contribution in [0.2, 0.25) is 0 Å². The second-order valence-electron chi connectivity index (χ2n) is 21.8. The lowest BCUT2D eigenvalue weighted by molar-refractivity contribution is -0.336. The number of pyridine rings is 1. The zero-order chi connectivity index (χ0) is 54.7. The average molecular weight is 1040 g/mol. The number of phenolic OH excluding ortho intramolecular Hbond substituents is 1. The number of aromatic hydroxyl groups is 1. The monoisotopic (exact) mass is 1040 g/mol. The van der Waals surface area contributed by atoms with Crippen LogP contribution in [-0.2, 0) is 28.5 Å². The first kappa shape index (κ1) is 53.9. The molecule has 404 valence electrons. The molecule has 2 saturated heterocycles. The number of carbonyl (C=O) groups excluding carboxylic acids is 2. The topological polar surface area (TPSA) is 222 Å². The SMILES string of the molecule is COC1/C=C/OC2(C)Oc3c(C)c(O)c4c(=O)c(c5oc6cc(N7CCN(CC(C)C)CC7)cc(=O)c6nc5c4c3=C2O)NC(=O)/C(C)=C\C=C\C(C)C2OC(C)(C)OC(C2C)C(C)C(OC(=O)c2ccncc2)C1C. The Morgan fingerprint density at radius 1 is 0.908 bits per heavy atom. The lowest BCUT2D eigenvalue weighted by atomic mass is 9.77. The van der Waals surface area contributed by atoms with Gasteiger partial charge in [0.2, 0.25) is 10.9 Å². The van der Waals surface area contributed by atoms with Crippen LogP contribution in [0, 0.1) is 36.5 Å². The van der Waals surface area contributed by atoms with E-state index in [4.69, 9.17) is 37.8 Å². The Kier molecular flexibility index (Phi) is 14.9. The summed E-state index contributed by atoms with van der Waals surface area (Å²) in [5.41, 5.74) is -0.784. The van der Waals surface area contributed by atoms with E-state index in [0.717, 1.165) is 19.6 Å². The maximum Gasteiger partial charge on any atom is 0.338 e. The van der Waals surface area contributed by atoms with Gasteiger partial charge in [0.1, 0.15) is 28.8 Å². The minimum atomic E-state index is -1.98. The summed E-state index contributed by atoms with van der Waals surface area (Å²) in [7, 11) is 1.52. The van der Waals surface area contributed by atoms with Crippen molar-refractivity contribution < 1.29 is 52.6 Å². The first-order valence-electron chi connectivity index (χ1n) is 26.1. The molecule has 2 fully saturated rings. The number of nitrogens with one attached hydrogen (secondary N) is 1. The molecule has 18 heteroatoms. The Morgan fingerprint density at radius 2 is 1.61 bits per heavy atom. The average Bonchev–Trinajstić information content (AvgIpc) is 3.75. The summed E-state index contributed by atoms with van der Waals surface area (Å²) >= 11 is 0. The highest BCUT2D eigenvalue weighted by Gasteiger charge is 2.49. The third-order valence-corrected chi connectivity index (χ3v) is 15.4. The molecule has 0 spiro atoms. The first-order valence-corrected chi connectivity index (χ1v) is 26.1. The molecule has 10 rings (SSSR count). The molecule has 5 aromatic rings. The number of benzene rings is 3. The second-order valence-corrected chi connectivity index (χ2v) is 21.8. The number of nitrogens with zero attached hydrogens (tertiary/aromatic N) is 4. The molecular weight excluding hydrogens is 975 g/mol. The normalized spacial score (nSPS) is 29.0. The predicted molar refractivity (Wildman–Crippen MR) is 288 cm³/mol. The lowest BCUT2D eigenvalue weighted by Gasteiger charge is -2.50. The fourth-order valence-corrected chi connectivity index (χ4v) is 11.3. The highest BCUT2D eigenvalue weighted by atomic mass is 16.7. The molecule has 1 amide bonds. The van der Waals surface area contributed by atoms with Crippen molar-refractivity contribution in [3.05, 3.63) is 110 Å². The fraction of sp³-hybridized carbons (Fsp3) is 0.483. The molecule has 3 N–H and O–H groups in total. The van der Waals surface area contributed by atoms with E-state index >= 15 is 4.79 Å². The number of carbonyl (C=O) groups is 2. The van der Waals surface area contributed by atoms with Crippen LogP contribution >= 0.6 is 0 Å². The van der Waals surface area contributed by atoms with Crippen molar-refractivity contribution in [1.29, 1.82) is 0 Å². The number of phenols is 1. The molecule has 76 heavy (non-hydrogen) atoms. The van der Waals surface area contributed by atoms with E-state index in [9.17, 15) is 24.6 Å². The summed E-state index contributed by atoms with van der Waals surface area (Å²) in [6, 6.07) is 6.35. The quantitative estimate of drug-likeness (QED) is 0.0838. The van der Waals surface area contributed by atoms with Gasteiger partial charge >= 0.3 is 11.8 Å². The van der Waals surface area contributed by atoms with Crippen molar-refractivity contribution >= 4 is 62.0 Å². The van der Waals surface area contributed by atoms with Crippen molar-refractivity contribution in [2.45, 2.75) is 112 Å². The first-order chi connectivity index (χ1) is 36.0. The summed E-state index contributed by atoms with van der Waals surface area (Å²) < 4.78 is 45.1. The Morgan fingerprint density at radius 3 is 2.29 bits per heavy atom. The predicted octanol–water partition coefficient (Wildman–Crippen LogP) is 7.83. The van der Waals surface area contributed by atoms with Crippen molar-refractivity contribution in [1.82, 2.24) is 14.9 Å². The van der Waals surface area contributed by atoms with Crippen LogP contribution in [0.4, 0.5) is 11.4 Å². The molecule has 7 bridgehead atoms. The van der Waals surface area contributed by atoms with Gasteiger partial charge in [0.15, 0.2) is 28.2 Å². The molecule has 0 aliphatic carbocycles. The summed E-state index contributed by atoms with van der Waals surface area (Å²) in [6.45, 7) is 24.4. The van der Waals surface area contributed by atoms with Gasteiger partial charge in [-0.1, -0.05) is 59.8 Å². The molecule has 9 unspecified atom stereocenters. The molecule has 18 nitrogen and oxygen atoms in total. The molecule has 2 aromatic heterocycles. The zero-order valence-corrected chi connectivity index (χ0v) is 45.3. The van der Waals surface area contributed by atoms with Crippen LogP contribution in [0.15, 0.2) is 86.8 Å². The van der Waals surface area contributed by atoms with E-state index in [-0.39, 0.29) is 72.6 Å². The smallest absolute Gasteiger partial charge is 0.338 e. The molecule has 9 atom stereocenters. The van der Waals surface area contributed by atoms with Crippen LogP contribution in [0.3, 0.4) is 0 Å². The number of rotatable bonds is 6. The molecule has 3 aromatic carbocycles. The Hall–Kier alpha value is -6.86. The summed E-state index contributed by atoms with van der Waals surface area (Å²) in [4.78, 5) is 70.9. The van der Waals surface area contributed by atoms with Crippen LogP contribution < -0.4 is 31.0 Å². The summed E-state index contributed by atoms with van der Waals surface area (Å²) in [6.07, 6.45) is 8.74. The Balaban J connectivity index is 1.22. The van der Waals surface area contributed by atoms with Crippen molar-refractivity contribution in [2.75, 3.05) is 50.1 Å². The van der Waals surface area contributed by atoms with E-state index in [2.05, 4.69) is 33.9 Å². The second kappa shape index (κ2) is 20.9. The van der Waals surface area contributed by atoms with Gasteiger partial charge in [-0.2, -0.15) is 0 Å². The van der Waals surface area contributed by atoms with Crippen molar-refractivity contribution in [2.24, 2.45) is 29.6 Å². The number of anilines is 2. The number of allylic oxidation sites excluding steroid dienone is 2. The van der Waals surface area contributed by atoms with Crippen LogP contribution in [-0.4, -0.2) is 113 Å². The number of hydrogen-bond donors (Lipinski definition) is 3. The van der Waals surface area contributed by atoms with Gasteiger partial charge in [-0.15, -0.1) is 0 Å². The summed E-state index contributed by atoms with van der Waals surface area (Å²) in [5.74, 6) is -6.29. The molecule has 5 aliphatic heterocycles. The molecular formula is C58H69N5O13. The number of aromatic nitrogens is 2. The van der Waals surface area contributed by atoms with Crippen LogP contribution in [0.25, 0.3) is 38.7 Å². The Bertz CT molecular complexity index is 3360. The van der Waals surface area contributed by atoms with Crippen LogP contribution in [0.1, 0.15) is 85.2 Å². The van der Waals surface area contributed by atoms with Gasteiger partial charge in [0.05, 0.1) is 40.7 Å². The minimum Gasteiger partial charge on any atom is -0.507 e. The highest BCUT2D eigenvalue weighted by molar-refractivity contribution is 6.17. The highest BCUT2D eigenvalue weighted by Crippen LogP contribution is 2.44. The third-order valence-electron chi connectivity index (χ3n) is 15.4. The maximum atomic E-state index is 15.1. The number of hydrogen-bond acceptors (Lipinski definition) is 17. The number of aliphatic hydroxyl groups excluding tert-OH is 1. The van der Waals surface area contributed by atoms with Gasteiger partial charge in [0, 0.05) is 117 Å². The van der Waals surface area contributed by atoms with Crippen LogP contribution in [0.5, 0.6) is 11.5 Å². The number of aliphatic hydroxyl groups is 1. The van der Waals surface area contributed by atoms with Crippen molar-refractivity contribution in [3.8, 4) is 11.5 Å². The number of ether oxygens (including phenoxy) is 6. The molecule has 0 saturated carbocycles. The van der Waals surface area contributed by atoms with E-state index in [0.29, 0.717) is 30.3 Å². The standard InChI is InChI=1S/C58H69N5O13/c1-29(2)28-62-21-23-63(24-22-62)37-26-38(64)44-40(27-37)72-53-45(60-44)41-42-47(65)33(6)52-43(41)54(67)58(11,76-52)71-25-18-39(70-12)32(5)50(73-56(69)36-16-19-59-20-17-36)35(8)51-34(7)49(74-57(9,10)75-51)30(3)14-13-15-31(4)55(68)61-46(53)48(42)66/h13-20,25-27,29-30,32,34-35,39,49-51,65,67H,21-24,28H2,1-12H3,(H,61,68)/b14-13+,25-18+,31-15-. The van der Waals surface area contributed by atoms with Gasteiger partial charge in [0.25, 0.3) is 5.91 Å². The van der Waals surface area contributed by atoms with E-state index in [1.165, 1.54) is 45.7 Å². The number of fused-ring (bicyclic) bond motifs is 10. The summed E-state index contributed by atoms with van der Waals surface area (Å²) in [5, 5.41) is 26.7. The number of esters is 1. The largest absolute Gasteiger partial charge is 0.507 e. The third kappa shape index (κ3) is 10.0. The minimum absolute atomic E-state index is 0.0298. The van der Waals surface area contributed by atoms with Gasteiger partial charge < -0.3 is 53.3 Å². The van der Waals surface area contributed by atoms with Gasteiger partial charge in [-0.3, -0.25) is 24.3 Å². The molecule has 5 aliphatic rings. The number of piperazine rings is 1. The number of amides is 1. The Labute approximate surface area is 440 Å². The van der Waals surface area contributed by atoms with Gasteiger partial charge in [-0.25, -0.2) is 9.78 Å². The van der Waals surface area contributed by atoms with Gasteiger partial charge in [-0.05, 0) is 51.8 Å². The number of methoxy groups -OCH3 is 1. The van der Waals surface area contributed by atoms with E-state index in [1.807, 2.05) is 47.6 Å². The molecule has 0 radical (unpaired) electrons. The molecule has 7 heterocycles. The van der Waals surface area contributed by atoms with E-state index < -0.39 is 82.1 Å². The fourth-order valence-electron chi connectivity index (χ4n) is 11.3. The van der Waals surface area contributed by atoms with Crippen molar-refractivity contribution in [3.63, 3.8) is 0 Å². The zero-order valence-electron chi connectivity index (χ0n) is 45.3. The lowest BCUT2D eigenvalue weighted by Crippen LogP contribution is -2.56. The maximum absolute atomic E-state index is 15.1. The van der Waals surface area contributed by atoms with E-state index in [1.54, 1.807) is 43.4 Å².